The molecule has 0 radical (unpaired) electrons. The maximum atomic E-state index is 9.71. The molecule has 2 unspecified atom stereocenters. The Labute approximate surface area is 95.7 Å². The third-order valence-electron chi connectivity index (χ3n) is 2.48. The molecule has 0 aliphatic rings. The lowest BCUT2D eigenvalue weighted by Crippen LogP contribution is -2.19. The molecule has 86 valence electrons. The van der Waals surface area contributed by atoms with Crippen molar-refractivity contribution in [3.05, 3.63) is 10.8 Å². The molecule has 0 saturated heterocycles. The molecule has 1 rings (SSSR count). The Morgan fingerprint density at radius 3 is 2.47 bits per heavy atom. The van der Waals surface area contributed by atoms with Crippen LogP contribution in [0.1, 0.15) is 50.9 Å². The van der Waals surface area contributed by atoms with Gasteiger partial charge in [-0.05, 0) is 30.8 Å². The predicted molar refractivity (Wildman–Crippen MR) is 63.2 cm³/mol. The predicted octanol–water partition coefficient (Wildman–Crippen LogP) is 2.61. The van der Waals surface area contributed by atoms with E-state index >= 15 is 0 Å². The van der Waals surface area contributed by atoms with Gasteiger partial charge in [0.1, 0.15) is 10.8 Å². The summed E-state index contributed by atoms with van der Waals surface area (Å²) in [4.78, 5) is 4.49. The van der Waals surface area contributed by atoms with Gasteiger partial charge in [-0.15, -0.1) is 0 Å². The van der Waals surface area contributed by atoms with Crippen LogP contribution in [0.5, 0.6) is 0 Å². The van der Waals surface area contributed by atoms with E-state index in [4.69, 9.17) is 0 Å². The molecule has 15 heavy (non-hydrogen) atoms. The smallest absolute Gasteiger partial charge is 0.142 e. The standard InChI is InChI=1S/C11H20N2OS/c1-5-6-9-12-11(15-13-9)10(7(2)3)8(4)14/h7-8,10,14H,5-6H2,1-4H3. The largest absolute Gasteiger partial charge is 0.393 e. The second-order valence-corrected chi connectivity index (χ2v) is 5.09. The van der Waals surface area contributed by atoms with Gasteiger partial charge in [-0.3, -0.25) is 0 Å². The molecule has 0 amide bonds. The number of aliphatic hydroxyl groups is 1. The minimum Gasteiger partial charge on any atom is -0.393 e. The van der Waals surface area contributed by atoms with Crippen molar-refractivity contribution in [3.63, 3.8) is 0 Å². The van der Waals surface area contributed by atoms with E-state index in [1.165, 1.54) is 11.5 Å². The van der Waals surface area contributed by atoms with Gasteiger partial charge in [-0.25, -0.2) is 4.98 Å². The van der Waals surface area contributed by atoms with Crippen LogP contribution >= 0.6 is 11.5 Å². The van der Waals surface area contributed by atoms with Gasteiger partial charge < -0.3 is 5.11 Å². The first-order valence-electron chi connectivity index (χ1n) is 5.56. The molecular weight excluding hydrogens is 208 g/mol. The van der Waals surface area contributed by atoms with Crippen LogP contribution in [0, 0.1) is 5.92 Å². The van der Waals surface area contributed by atoms with Crippen LogP contribution in [-0.4, -0.2) is 20.6 Å². The Hall–Kier alpha value is -0.480. The summed E-state index contributed by atoms with van der Waals surface area (Å²) in [6.07, 6.45) is 1.64. The van der Waals surface area contributed by atoms with Crippen LogP contribution in [0.25, 0.3) is 0 Å². The lowest BCUT2D eigenvalue weighted by atomic mass is 9.92. The molecule has 0 saturated carbocycles. The number of hydrogen-bond acceptors (Lipinski definition) is 4. The summed E-state index contributed by atoms with van der Waals surface area (Å²) in [5, 5.41) is 10.7. The summed E-state index contributed by atoms with van der Waals surface area (Å²) in [5.41, 5.74) is 0. The van der Waals surface area contributed by atoms with E-state index < -0.39 is 0 Å². The highest BCUT2D eigenvalue weighted by Gasteiger charge is 2.24. The third-order valence-corrected chi connectivity index (χ3v) is 3.33. The summed E-state index contributed by atoms with van der Waals surface area (Å²) in [6, 6.07) is 0. The fraction of sp³-hybridized carbons (Fsp3) is 0.818. The number of aromatic nitrogens is 2. The van der Waals surface area contributed by atoms with E-state index in [2.05, 4.69) is 30.1 Å². The summed E-state index contributed by atoms with van der Waals surface area (Å²) >= 11 is 1.43. The normalized spacial score (nSPS) is 15.6. The van der Waals surface area contributed by atoms with Gasteiger partial charge in [-0.2, -0.15) is 4.37 Å². The third kappa shape index (κ3) is 3.24. The Kier molecular flexibility index (Phi) is 4.67. The lowest BCUT2D eigenvalue weighted by molar-refractivity contribution is 0.140. The van der Waals surface area contributed by atoms with Crippen molar-refractivity contribution in [2.75, 3.05) is 0 Å². The second-order valence-electron chi connectivity index (χ2n) is 4.31. The molecule has 0 bridgehead atoms. The Morgan fingerprint density at radius 1 is 1.33 bits per heavy atom. The number of aliphatic hydroxyl groups excluding tert-OH is 1. The summed E-state index contributed by atoms with van der Waals surface area (Å²) in [5.74, 6) is 1.43. The van der Waals surface area contributed by atoms with Crippen LogP contribution in [0.4, 0.5) is 0 Å². The van der Waals surface area contributed by atoms with Crippen molar-refractivity contribution in [1.82, 2.24) is 9.36 Å². The van der Waals surface area contributed by atoms with Crippen molar-refractivity contribution in [3.8, 4) is 0 Å². The van der Waals surface area contributed by atoms with Gasteiger partial charge in [0.25, 0.3) is 0 Å². The molecule has 1 heterocycles. The fourth-order valence-corrected chi connectivity index (χ4v) is 2.84. The second kappa shape index (κ2) is 5.56. The number of rotatable bonds is 5. The van der Waals surface area contributed by atoms with E-state index in [9.17, 15) is 5.11 Å². The van der Waals surface area contributed by atoms with Gasteiger partial charge in [0, 0.05) is 12.3 Å². The topological polar surface area (TPSA) is 46.0 Å². The average molecular weight is 228 g/mol. The quantitative estimate of drug-likeness (QED) is 0.842. The summed E-state index contributed by atoms with van der Waals surface area (Å²) < 4.78 is 4.31. The van der Waals surface area contributed by atoms with Crippen LogP contribution in [0.3, 0.4) is 0 Å². The van der Waals surface area contributed by atoms with Crippen LogP contribution in [0.2, 0.25) is 0 Å². The van der Waals surface area contributed by atoms with E-state index in [1.807, 2.05) is 6.92 Å². The Bertz CT molecular complexity index is 289. The molecule has 2 atom stereocenters. The average Bonchev–Trinajstić information content (AvgIpc) is 2.52. The van der Waals surface area contributed by atoms with E-state index in [0.717, 1.165) is 23.7 Å². The molecule has 1 aromatic rings. The van der Waals surface area contributed by atoms with E-state index in [-0.39, 0.29) is 12.0 Å². The first-order valence-corrected chi connectivity index (χ1v) is 6.34. The first-order chi connectivity index (χ1) is 7.06. The molecular formula is C11H20N2OS. The molecule has 0 aromatic carbocycles. The Morgan fingerprint density at radius 2 is 2.00 bits per heavy atom. The molecule has 4 heteroatoms. The molecule has 0 fully saturated rings. The zero-order chi connectivity index (χ0) is 11.4. The van der Waals surface area contributed by atoms with Crippen molar-refractivity contribution in [2.24, 2.45) is 5.92 Å². The van der Waals surface area contributed by atoms with Crippen LogP contribution in [-0.2, 0) is 6.42 Å². The maximum Gasteiger partial charge on any atom is 0.142 e. The van der Waals surface area contributed by atoms with Crippen molar-refractivity contribution in [2.45, 2.75) is 52.6 Å². The van der Waals surface area contributed by atoms with Crippen molar-refractivity contribution < 1.29 is 5.11 Å². The van der Waals surface area contributed by atoms with Crippen molar-refractivity contribution >= 4 is 11.5 Å². The van der Waals surface area contributed by atoms with Gasteiger partial charge >= 0.3 is 0 Å². The van der Waals surface area contributed by atoms with Gasteiger partial charge in [0.05, 0.1) is 6.10 Å². The monoisotopic (exact) mass is 228 g/mol. The molecule has 1 aromatic heterocycles. The molecule has 1 N–H and O–H groups in total. The van der Waals surface area contributed by atoms with Gasteiger partial charge in [0.2, 0.25) is 0 Å². The first kappa shape index (κ1) is 12.6. The highest BCUT2D eigenvalue weighted by atomic mass is 32.1. The Balaban J connectivity index is 2.82. The SMILES string of the molecule is CCCc1nsc(C(C(C)C)C(C)O)n1. The minimum atomic E-state index is -0.354. The highest BCUT2D eigenvalue weighted by molar-refractivity contribution is 7.05. The fourth-order valence-electron chi connectivity index (χ4n) is 1.78. The number of nitrogens with zero attached hydrogens (tertiary/aromatic N) is 2. The zero-order valence-electron chi connectivity index (χ0n) is 9.90. The van der Waals surface area contributed by atoms with E-state index in [0.29, 0.717) is 5.92 Å². The lowest BCUT2D eigenvalue weighted by Gasteiger charge is -2.20. The van der Waals surface area contributed by atoms with Crippen molar-refractivity contribution in [1.29, 1.82) is 0 Å². The maximum absolute atomic E-state index is 9.71. The van der Waals surface area contributed by atoms with Crippen LogP contribution < -0.4 is 0 Å². The van der Waals surface area contributed by atoms with Gasteiger partial charge in [-0.1, -0.05) is 20.8 Å². The molecule has 0 aliphatic carbocycles. The molecule has 0 spiro atoms. The summed E-state index contributed by atoms with van der Waals surface area (Å²) in [7, 11) is 0. The number of aryl methyl sites for hydroxylation is 1. The van der Waals surface area contributed by atoms with E-state index in [1.54, 1.807) is 0 Å². The molecule has 3 nitrogen and oxygen atoms in total. The highest BCUT2D eigenvalue weighted by Crippen LogP contribution is 2.29. The summed E-state index contributed by atoms with van der Waals surface area (Å²) in [6.45, 7) is 8.16. The van der Waals surface area contributed by atoms with Crippen LogP contribution in [0.15, 0.2) is 0 Å². The number of hydrogen-bond donors (Lipinski definition) is 1. The van der Waals surface area contributed by atoms with Gasteiger partial charge in [0.15, 0.2) is 0 Å². The molecule has 0 aliphatic heterocycles. The minimum absolute atomic E-state index is 0.119. The zero-order valence-corrected chi connectivity index (χ0v) is 10.7.